The van der Waals surface area contributed by atoms with Crippen molar-refractivity contribution in [3.63, 3.8) is 0 Å². The summed E-state index contributed by atoms with van der Waals surface area (Å²) in [5.41, 5.74) is 0.386. The summed E-state index contributed by atoms with van der Waals surface area (Å²) in [6, 6.07) is 11.9. The lowest BCUT2D eigenvalue weighted by atomic mass is 9.81. The summed E-state index contributed by atoms with van der Waals surface area (Å²) in [5.74, 6) is 1.02. The number of aromatic nitrogens is 5. The molecule has 258 valence electrons. The Labute approximate surface area is 286 Å². The van der Waals surface area contributed by atoms with E-state index in [9.17, 15) is 14.4 Å². The molecule has 0 spiro atoms. The van der Waals surface area contributed by atoms with Gasteiger partial charge >= 0.3 is 6.03 Å². The van der Waals surface area contributed by atoms with E-state index in [1.807, 2.05) is 74.6 Å². The number of ether oxygens (including phenoxy) is 1. The van der Waals surface area contributed by atoms with Crippen LogP contribution in [0.4, 0.5) is 10.6 Å². The number of urea groups is 1. The lowest BCUT2D eigenvalue weighted by Crippen LogP contribution is -2.49. The van der Waals surface area contributed by atoms with Gasteiger partial charge in [0.25, 0.3) is 5.91 Å². The average molecular weight is 668 g/mol. The predicted molar refractivity (Wildman–Crippen MR) is 187 cm³/mol. The third-order valence-electron chi connectivity index (χ3n) is 8.07. The van der Waals surface area contributed by atoms with Crippen molar-refractivity contribution in [3.8, 4) is 5.75 Å². The van der Waals surface area contributed by atoms with E-state index < -0.39 is 29.0 Å². The van der Waals surface area contributed by atoms with Crippen LogP contribution in [0, 0.1) is 0 Å². The first-order chi connectivity index (χ1) is 23.1. The van der Waals surface area contributed by atoms with Crippen molar-refractivity contribution in [1.82, 2.24) is 40.1 Å². The minimum atomic E-state index is -1.50. The van der Waals surface area contributed by atoms with Crippen molar-refractivity contribution in [1.29, 1.82) is 0 Å². The third-order valence-corrected chi connectivity index (χ3v) is 8.07. The van der Waals surface area contributed by atoms with Crippen LogP contribution in [-0.2, 0) is 21.2 Å². The van der Waals surface area contributed by atoms with E-state index in [0.29, 0.717) is 41.0 Å². The summed E-state index contributed by atoms with van der Waals surface area (Å²) < 4.78 is 8.34. The summed E-state index contributed by atoms with van der Waals surface area (Å²) in [4.78, 5) is 50.2. The number of anilines is 1. The van der Waals surface area contributed by atoms with E-state index in [1.54, 1.807) is 30.4 Å². The van der Waals surface area contributed by atoms with Crippen LogP contribution in [0.25, 0.3) is 5.65 Å². The number of hydrogen-bond acceptors (Lipinski definition) is 9. The maximum Gasteiger partial charge on any atom is 0.321 e. The Hall–Kier alpha value is -5.17. The standard InChI is InChI=1S/C36H45N9O4/c1-34(2,3)27-20-28(39-30(38-27)31(47)37-18-11-19-44(7)8)40-33(48)41-36(22-46)17-16-26(24-12-9-10-13-25(24)36)49-23-14-15-29-42-43-32(35(4,5)6)45(29)21-23/h9-10,12-17,20-22,26H,11,18-19H2,1-8H3,(H,37,47)(H2,38,39,40,41,48)/t26-,36-/m1/s1. The zero-order valence-electron chi connectivity index (χ0n) is 29.4. The second kappa shape index (κ2) is 13.7. The normalized spacial score (nSPS) is 17.4. The van der Waals surface area contributed by atoms with Gasteiger partial charge in [-0.2, -0.15) is 0 Å². The second-order valence-electron chi connectivity index (χ2n) is 14.5. The maximum absolute atomic E-state index is 13.5. The SMILES string of the molecule is CN(C)CCCNC(=O)c1nc(NC(=O)N[C@@]2(C=O)C=C[C@@H](Oc3ccc4nnc(C(C)(C)C)n4c3)c3ccccc32)cc(C(C)(C)C)n1. The summed E-state index contributed by atoms with van der Waals surface area (Å²) in [5, 5.41) is 17.0. The van der Waals surface area contributed by atoms with Crippen molar-refractivity contribution in [2.24, 2.45) is 0 Å². The first-order valence-electron chi connectivity index (χ1n) is 16.3. The molecule has 4 aromatic rings. The molecule has 2 atom stereocenters. The number of benzene rings is 1. The van der Waals surface area contributed by atoms with Gasteiger partial charge in [-0.05, 0) is 56.9 Å². The van der Waals surface area contributed by atoms with E-state index >= 15 is 0 Å². The number of fused-ring (bicyclic) bond motifs is 2. The van der Waals surface area contributed by atoms with Crippen LogP contribution >= 0.6 is 0 Å². The first-order valence-corrected chi connectivity index (χ1v) is 16.3. The molecule has 13 nitrogen and oxygen atoms in total. The van der Waals surface area contributed by atoms with E-state index in [4.69, 9.17) is 4.74 Å². The number of rotatable bonds is 10. The summed E-state index contributed by atoms with van der Waals surface area (Å²) in [6.07, 6.45) is 6.12. The number of aldehydes is 1. The Bertz CT molecular complexity index is 1890. The van der Waals surface area contributed by atoms with Crippen LogP contribution < -0.4 is 20.7 Å². The van der Waals surface area contributed by atoms with Gasteiger partial charge in [0.1, 0.15) is 29.0 Å². The smallest absolute Gasteiger partial charge is 0.321 e. The van der Waals surface area contributed by atoms with Gasteiger partial charge < -0.3 is 20.3 Å². The maximum atomic E-state index is 13.5. The van der Waals surface area contributed by atoms with Gasteiger partial charge in [-0.15, -0.1) is 10.2 Å². The van der Waals surface area contributed by atoms with E-state index in [0.717, 1.165) is 18.8 Å². The summed E-state index contributed by atoms with van der Waals surface area (Å²) >= 11 is 0. The minimum absolute atomic E-state index is 0.0557. The molecule has 13 heteroatoms. The molecule has 0 fully saturated rings. The van der Waals surface area contributed by atoms with Crippen LogP contribution in [0.1, 0.15) is 87.3 Å². The number of carbonyl (C=O) groups excluding carboxylic acids is 3. The molecular formula is C36H45N9O4. The molecule has 3 N–H and O–H groups in total. The number of nitrogens with one attached hydrogen (secondary N) is 3. The van der Waals surface area contributed by atoms with Crippen LogP contribution in [0.3, 0.4) is 0 Å². The van der Waals surface area contributed by atoms with Crippen LogP contribution in [0.5, 0.6) is 5.75 Å². The minimum Gasteiger partial charge on any atom is -0.480 e. The molecule has 0 radical (unpaired) electrons. The molecule has 0 aliphatic heterocycles. The Kier molecular flexibility index (Phi) is 9.86. The number of hydrogen-bond donors (Lipinski definition) is 3. The Morgan fingerprint density at radius 1 is 1.02 bits per heavy atom. The quantitative estimate of drug-likeness (QED) is 0.124. The highest BCUT2D eigenvalue weighted by molar-refractivity contribution is 5.94. The molecule has 3 aromatic heterocycles. The fraction of sp³-hybridized carbons (Fsp3) is 0.417. The molecule has 1 aliphatic carbocycles. The van der Waals surface area contributed by atoms with E-state index in [-0.39, 0.29) is 17.1 Å². The van der Waals surface area contributed by atoms with Crippen molar-refractivity contribution in [3.05, 3.63) is 89.3 Å². The van der Waals surface area contributed by atoms with Gasteiger partial charge in [0.05, 0.1) is 11.9 Å². The fourth-order valence-electron chi connectivity index (χ4n) is 5.51. The van der Waals surface area contributed by atoms with Gasteiger partial charge in [0, 0.05) is 29.0 Å². The molecule has 0 bridgehead atoms. The monoisotopic (exact) mass is 667 g/mol. The molecule has 49 heavy (non-hydrogen) atoms. The highest BCUT2D eigenvalue weighted by atomic mass is 16.5. The number of nitrogens with zero attached hydrogens (tertiary/aromatic N) is 6. The van der Waals surface area contributed by atoms with Crippen molar-refractivity contribution >= 4 is 29.7 Å². The van der Waals surface area contributed by atoms with E-state index in [2.05, 4.69) is 56.9 Å². The van der Waals surface area contributed by atoms with Crippen LogP contribution in [-0.4, -0.2) is 74.9 Å². The van der Waals surface area contributed by atoms with Gasteiger partial charge in [0.15, 0.2) is 11.9 Å². The fourth-order valence-corrected chi connectivity index (χ4v) is 5.51. The van der Waals surface area contributed by atoms with E-state index in [1.165, 1.54) is 0 Å². The number of pyridine rings is 1. The molecule has 1 aliphatic rings. The largest absolute Gasteiger partial charge is 0.480 e. The summed E-state index contributed by atoms with van der Waals surface area (Å²) in [6.45, 7) is 13.3. The Morgan fingerprint density at radius 2 is 1.78 bits per heavy atom. The highest BCUT2D eigenvalue weighted by Crippen LogP contribution is 2.37. The van der Waals surface area contributed by atoms with Gasteiger partial charge in [-0.3, -0.25) is 19.3 Å². The van der Waals surface area contributed by atoms with Gasteiger partial charge in [-0.1, -0.05) is 65.8 Å². The van der Waals surface area contributed by atoms with Gasteiger partial charge in [-0.25, -0.2) is 14.8 Å². The number of amides is 3. The van der Waals surface area contributed by atoms with Crippen LogP contribution in [0.2, 0.25) is 0 Å². The van der Waals surface area contributed by atoms with Crippen molar-refractivity contribution in [2.75, 3.05) is 32.5 Å². The Morgan fingerprint density at radius 3 is 2.47 bits per heavy atom. The lowest BCUT2D eigenvalue weighted by Gasteiger charge is -2.34. The predicted octanol–water partition coefficient (Wildman–Crippen LogP) is 4.70. The van der Waals surface area contributed by atoms with Crippen molar-refractivity contribution in [2.45, 2.75) is 70.4 Å². The topological polar surface area (TPSA) is 156 Å². The molecule has 1 aromatic carbocycles. The Balaban J connectivity index is 1.37. The number of carbonyl (C=O) groups is 3. The van der Waals surface area contributed by atoms with Gasteiger partial charge in [0.2, 0.25) is 5.82 Å². The van der Waals surface area contributed by atoms with Crippen LogP contribution in [0.15, 0.2) is 60.8 Å². The molecule has 0 saturated heterocycles. The summed E-state index contributed by atoms with van der Waals surface area (Å²) in [7, 11) is 3.93. The average Bonchev–Trinajstić information content (AvgIpc) is 3.48. The first kappa shape index (κ1) is 35.1. The molecule has 0 unspecified atom stereocenters. The second-order valence-corrected chi connectivity index (χ2v) is 14.5. The lowest BCUT2D eigenvalue weighted by molar-refractivity contribution is -0.111. The molecule has 3 amide bonds. The zero-order valence-corrected chi connectivity index (χ0v) is 29.4. The molecule has 3 heterocycles. The molecular weight excluding hydrogens is 622 g/mol. The van der Waals surface area contributed by atoms with Crippen molar-refractivity contribution < 1.29 is 19.1 Å². The third kappa shape index (κ3) is 7.94. The molecule has 0 saturated carbocycles. The molecule has 5 rings (SSSR count). The highest BCUT2D eigenvalue weighted by Gasteiger charge is 2.38. The zero-order chi connectivity index (χ0) is 35.6.